The number of aryl methyl sites for hydroxylation is 1. The molecule has 4 heterocycles. The summed E-state index contributed by atoms with van der Waals surface area (Å²) in [5.41, 5.74) is 8.61. The summed E-state index contributed by atoms with van der Waals surface area (Å²) in [6.07, 6.45) is 7.85. The van der Waals surface area contributed by atoms with Crippen molar-refractivity contribution in [3.05, 3.63) is 70.0 Å². The third-order valence-corrected chi connectivity index (χ3v) is 13.2. The van der Waals surface area contributed by atoms with E-state index in [4.69, 9.17) is 26.8 Å². The molecule has 0 radical (unpaired) electrons. The fourth-order valence-corrected chi connectivity index (χ4v) is 9.45. The van der Waals surface area contributed by atoms with Gasteiger partial charge in [-0.1, -0.05) is 23.7 Å². The van der Waals surface area contributed by atoms with E-state index in [9.17, 15) is 18.0 Å². The topological polar surface area (TPSA) is 131 Å². The molecule has 2 fully saturated rings. The zero-order valence-corrected chi connectivity index (χ0v) is 30.4. The van der Waals surface area contributed by atoms with E-state index in [1.807, 2.05) is 17.0 Å². The fraction of sp³-hybridized carbons (Fsp3) is 0.568. The number of methoxy groups -OCH3 is 1. The molecular weight excluding hydrogens is 683 g/mol. The molecule has 13 heteroatoms. The van der Waals surface area contributed by atoms with Crippen LogP contribution in [-0.2, 0) is 31.4 Å². The van der Waals surface area contributed by atoms with Crippen LogP contribution in [0.2, 0.25) is 5.02 Å². The van der Waals surface area contributed by atoms with Crippen LogP contribution in [0.3, 0.4) is 0 Å². The van der Waals surface area contributed by atoms with Gasteiger partial charge in [-0.05, 0) is 119 Å². The van der Waals surface area contributed by atoms with Crippen LogP contribution < -0.4 is 15.2 Å². The maximum Gasteiger partial charge on any atom is 0.264 e. The standard InChI is InChI=1S/C37H48ClFN4O6S/c1-24-6-3-9-31(39)34(36(45)42-19-15-29(22-42)48-2)43-18-5-8-28(43)14-17-37(16-4-7-25-20-27(38)11-12-30(25)37)23-49-33-13-10-26(21-32(33)40)35(44)41-50(24,46)47/h9-13,20-21,24,28-29,34H,3-8,14-19,22-23,40H2,1-2H3,(H,41,44)/b31-9-/t24-,28+,29-,34-,37+/m1/s1. The number of halogens is 2. The predicted molar refractivity (Wildman–Crippen MR) is 191 cm³/mol. The molecule has 7 rings (SSSR count). The number of fused-ring (bicyclic) bond motifs is 12. The van der Waals surface area contributed by atoms with Gasteiger partial charge in [0.15, 0.2) is 0 Å². The molecule has 272 valence electrons. The highest BCUT2D eigenvalue weighted by atomic mass is 35.5. The van der Waals surface area contributed by atoms with Crippen molar-refractivity contribution in [3.8, 4) is 5.75 Å². The molecule has 2 amide bonds. The van der Waals surface area contributed by atoms with Gasteiger partial charge in [-0.3, -0.25) is 14.5 Å². The second kappa shape index (κ2) is 15.2. The number of amides is 2. The maximum atomic E-state index is 16.5. The van der Waals surface area contributed by atoms with Crippen LogP contribution in [0.4, 0.5) is 10.1 Å². The van der Waals surface area contributed by atoms with Crippen molar-refractivity contribution in [1.29, 1.82) is 0 Å². The van der Waals surface area contributed by atoms with E-state index in [1.54, 1.807) is 18.1 Å². The Morgan fingerprint density at radius 1 is 1.10 bits per heavy atom. The lowest BCUT2D eigenvalue weighted by atomic mass is 9.67. The van der Waals surface area contributed by atoms with Crippen LogP contribution in [0, 0.1) is 0 Å². The molecule has 1 spiro atoms. The number of rotatable bonds is 2. The molecule has 3 N–H and O–H groups in total. The van der Waals surface area contributed by atoms with Gasteiger partial charge < -0.3 is 20.1 Å². The lowest BCUT2D eigenvalue weighted by Gasteiger charge is -2.41. The van der Waals surface area contributed by atoms with Crippen LogP contribution in [0.1, 0.15) is 86.2 Å². The Labute approximate surface area is 299 Å². The average molecular weight is 731 g/mol. The Kier molecular flexibility index (Phi) is 11.1. The first kappa shape index (κ1) is 36.6. The summed E-state index contributed by atoms with van der Waals surface area (Å²) in [5.74, 6) is -1.29. The molecule has 2 aromatic rings. The Morgan fingerprint density at radius 2 is 1.92 bits per heavy atom. The third kappa shape index (κ3) is 7.68. The van der Waals surface area contributed by atoms with Gasteiger partial charge in [0.1, 0.15) is 17.6 Å². The van der Waals surface area contributed by atoms with Crippen LogP contribution in [0.15, 0.2) is 48.3 Å². The highest BCUT2D eigenvalue weighted by molar-refractivity contribution is 7.90. The number of benzene rings is 2. The number of likely N-dealkylation sites (tertiary alicyclic amines) is 1. The van der Waals surface area contributed by atoms with Crippen molar-refractivity contribution in [3.63, 3.8) is 0 Å². The number of allylic oxidation sites excluding steroid dienone is 1. The first-order chi connectivity index (χ1) is 23.9. The van der Waals surface area contributed by atoms with Gasteiger partial charge >= 0.3 is 0 Å². The quantitative estimate of drug-likeness (QED) is 0.386. The lowest BCUT2D eigenvalue weighted by molar-refractivity contribution is -0.136. The molecule has 50 heavy (non-hydrogen) atoms. The van der Waals surface area contributed by atoms with Gasteiger partial charge in [0.25, 0.3) is 5.91 Å². The molecule has 0 saturated carbocycles. The van der Waals surface area contributed by atoms with E-state index >= 15 is 4.39 Å². The largest absolute Gasteiger partial charge is 0.491 e. The van der Waals surface area contributed by atoms with E-state index in [-0.39, 0.29) is 42.1 Å². The van der Waals surface area contributed by atoms with Crippen molar-refractivity contribution in [2.24, 2.45) is 0 Å². The summed E-state index contributed by atoms with van der Waals surface area (Å²) >= 11 is 6.44. The molecular formula is C37H48ClFN4O6S. The first-order valence-corrected chi connectivity index (χ1v) is 19.6. The summed E-state index contributed by atoms with van der Waals surface area (Å²) in [6, 6.07) is 9.37. The Morgan fingerprint density at radius 3 is 2.68 bits per heavy atom. The van der Waals surface area contributed by atoms with E-state index in [0.717, 1.165) is 44.1 Å². The summed E-state index contributed by atoms with van der Waals surface area (Å²) in [5, 5.41) is -0.327. The van der Waals surface area contributed by atoms with Gasteiger partial charge in [0.2, 0.25) is 15.9 Å². The van der Waals surface area contributed by atoms with Crippen molar-refractivity contribution in [2.45, 2.75) is 100.0 Å². The number of nitrogens with zero attached hydrogens (tertiary/aromatic N) is 2. The number of hydrogen-bond donors (Lipinski definition) is 2. The third-order valence-electron chi connectivity index (χ3n) is 11.2. The monoisotopic (exact) mass is 730 g/mol. The van der Waals surface area contributed by atoms with Crippen molar-refractivity contribution in [1.82, 2.24) is 14.5 Å². The predicted octanol–water partition coefficient (Wildman–Crippen LogP) is 5.53. The molecule has 10 nitrogen and oxygen atoms in total. The SMILES string of the molecule is CO[C@@H]1CCN(C(=O)[C@H]2/C(F)=C/CC[C@@H](C)S(=O)(=O)NC(=O)c3ccc(c(N)c3)OC[C@]3(CCCc4cc(Cl)ccc43)CC[C@@H]3CCCN32)C1. The van der Waals surface area contributed by atoms with Crippen molar-refractivity contribution < 1.29 is 31.9 Å². The van der Waals surface area contributed by atoms with Gasteiger partial charge in [0, 0.05) is 42.2 Å². The van der Waals surface area contributed by atoms with Crippen LogP contribution in [0.5, 0.6) is 5.75 Å². The number of carbonyl (C=O) groups is 2. The number of nitrogens with one attached hydrogen (secondary N) is 1. The fourth-order valence-electron chi connectivity index (χ4n) is 8.23. The molecule has 0 unspecified atom stereocenters. The van der Waals surface area contributed by atoms with E-state index in [2.05, 4.69) is 10.8 Å². The average Bonchev–Trinajstić information content (AvgIpc) is 3.76. The van der Waals surface area contributed by atoms with Crippen molar-refractivity contribution >= 4 is 39.1 Å². The van der Waals surface area contributed by atoms with Gasteiger partial charge in [-0.15, -0.1) is 0 Å². The number of nitrogens with two attached hydrogens (primary N) is 1. The second-order valence-corrected chi connectivity index (χ2v) is 16.9. The van der Waals surface area contributed by atoms with Crippen molar-refractivity contribution in [2.75, 3.05) is 39.1 Å². The zero-order valence-electron chi connectivity index (χ0n) is 28.8. The highest BCUT2D eigenvalue weighted by Gasteiger charge is 2.44. The minimum Gasteiger partial charge on any atom is -0.491 e. The highest BCUT2D eigenvalue weighted by Crippen LogP contribution is 2.44. The molecule has 2 aromatic carbocycles. The Balaban J connectivity index is 1.38. The summed E-state index contributed by atoms with van der Waals surface area (Å²) in [6.45, 7) is 3.23. The number of nitrogen functional groups attached to an aromatic ring is 1. The number of ether oxygens (including phenoxy) is 2. The Bertz CT molecular complexity index is 1740. The Hall–Kier alpha value is -3.19. The summed E-state index contributed by atoms with van der Waals surface area (Å²) < 4.78 is 56.8. The number of carbonyl (C=O) groups excluding carboxylic acids is 2. The number of hydrogen-bond acceptors (Lipinski definition) is 8. The van der Waals surface area contributed by atoms with Gasteiger partial charge in [0.05, 0.1) is 23.6 Å². The molecule has 0 aromatic heterocycles. The lowest BCUT2D eigenvalue weighted by Crippen LogP contribution is -2.51. The minimum atomic E-state index is -4.10. The number of anilines is 1. The zero-order chi connectivity index (χ0) is 35.6. The van der Waals surface area contributed by atoms with Crippen LogP contribution in [-0.4, -0.2) is 86.8 Å². The first-order valence-electron chi connectivity index (χ1n) is 17.7. The minimum absolute atomic E-state index is 0.0523. The van der Waals surface area contributed by atoms with Crippen LogP contribution in [0.25, 0.3) is 0 Å². The van der Waals surface area contributed by atoms with Crippen LogP contribution >= 0.6 is 11.6 Å². The molecule has 4 aliphatic heterocycles. The van der Waals surface area contributed by atoms with Gasteiger partial charge in [-0.2, -0.15) is 0 Å². The summed E-state index contributed by atoms with van der Waals surface area (Å²) in [7, 11) is -2.48. The summed E-state index contributed by atoms with van der Waals surface area (Å²) in [4.78, 5) is 30.9. The maximum absolute atomic E-state index is 16.5. The molecule has 2 saturated heterocycles. The number of sulfonamides is 1. The normalized spacial score (nSPS) is 30.5. The molecule has 2 bridgehead atoms. The van der Waals surface area contributed by atoms with E-state index in [1.165, 1.54) is 30.7 Å². The van der Waals surface area contributed by atoms with Gasteiger partial charge in [-0.25, -0.2) is 17.5 Å². The second-order valence-electron chi connectivity index (χ2n) is 14.3. The smallest absolute Gasteiger partial charge is 0.264 e. The molecule has 5 atom stereocenters. The molecule has 5 aliphatic rings. The van der Waals surface area contributed by atoms with E-state index in [0.29, 0.717) is 49.9 Å². The van der Waals surface area contributed by atoms with E-state index < -0.39 is 38.5 Å². The molecule has 1 aliphatic carbocycles.